The average Bonchev–Trinajstić information content (AvgIpc) is 3.00. The van der Waals surface area contributed by atoms with Crippen LogP contribution in [0, 0.1) is 6.92 Å². The lowest BCUT2D eigenvalue weighted by Gasteiger charge is -2.22. The maximum Gasteiger partial charge on any atom is 0.416 e. The van der Waals surface area contributed by atoms with Crippen molar-refractivity contribution in [2.75, 3.05) is 20.6 Å². The normalized spacial score (nSPS) is 11.9. The molecular weight excluding hydrogens is 474 g/mol. The maximum atomic E-state index is 12.6. The first-order chi connectivity index (χ1) is 12.3. The topological polar surface area (TPSA) is 66.5 Å². The Hall–Kier alpha value is -1.85. The predicted octanol–water partition coefficient (Wildman–Crippen LogP) is 3.65. The van der Waals surface area contributed by atoms with Gasteiger partial charge in [-0.3, -0.25) is 4.99 Å². The van der Waals surface area contributed by atoms with Crippen molar-refractivity contribution in [2.24, 2.45) is 4.99 Å². The lowest BCUT2D eigenvalue weighted by molar-refractivity contribution is -0.137. The van der Waals surface area contributed by atoms with Crippen molar-refractivity contribution in [1.82, 2.24) is 20.4 Å². The fourth-order valence-corrected chi connectivity index (χ4v) is 2.41. The van der Waals surface area contributed by atoms with Crippen molar-refractivity contribution < 1.29 is 17.7 Å². The molecule has 0 bridgehead atoms. The predicted molar refractivity (Wildman–Crippen MR) is 107 cm³/mol. The van der Waals surface area contributed by atoms with Gasteiger partial charge in [-0.05, 0) is 31.0 Å². The summed E-state index contributed by atoms with van der Waals surface area (Å²) < 4.78 is 42.9. The third kappa shape index (κ3) is 7.35. The highest BCUT2D eigenvalue weighted by atomic mass is 127. The van der Waals surface area contributed by atoms with Gasteiger partial charge in [-0.15, -0.1) is 24.0 Å². The number of alkyl halides is 3. The fourth-order valence-electron chi connectivity index (χ4n) is 2.41. The Balaban J connectivity index is 0.00000364. The first kappa shape index (κ1) is 23.2. The third-order valence-electron chi connectivity index (χ3n) is 3.69. The molecule has 0 atom stereocenters. The standard InChI is InChI=1S/C17H22F3N5O.HI/c1-12-23-15(26-24-12)5-4-10-22-16(21-2)25(3)11-13-6-8-14(9-7-13)17(18,19)20;/h6-9H,4-5,10-11H2,1-3H3,(H,21,22);1H. The molecule has 0 unspecified atom stereocenters. The number of halogens is 4. The van der Waals surface area contributed by atoms with Gasteiger partial charge >= 0.3 is 6.18 Å². The highest BCUT2D eigenvalue weighted by Crippen LogP contribution is 2.29. The van der Waals surface area contributed by atoms with E-state index < -0.39 is 11.7 Å². The first-order valence-corrected chi connectivity index (χ1v) is 8.16. The summed E-state index contributed by atoms with van der Waals surface area (Å²) in [7, 11) is 3.49. The molecule has 6 nitrogen and oxygen atoms in total. The lowest BCUT2D eigenvalue weighted by Crippen LogP contribution is -2.39. The van der Waals surface area contributed by atoms with E-state index in [0.717, 1.165) is 24.1 Å². The van der Waals surface area contributed by atoms with Crippen LogP contribution in [0.2, 0.25) is 0 Å². The van der Waals surface area contributed by atoms with Crippen molar-refractivity contribution in [3.63, 3.8) is 0 Å². The number of hydrogen-bond donors (Lipinski definition) is 1. The molecule has 1 aromatic carbocycles. The molecule has 0 fully saturated rings. The summed E-state index contributed by atoms with van der Waals surface area (Å²) >= 11 is 0. The van der Waals surface area contributed by atoms with Crippen LogP contribution >= 0.6 is 24.0 Å². The Morgan fingerprint density at radius 2 is 1.93 bits per heavy atom. The number of aliphatic imine (C=N–C) groups is 1. The fraction of sp³-hybridized carbons (Fsp3) is 0.471. The van der Waals surface area contributed by atoms with Crippen LogP contribution in [-0.4, -0.2) is 41.6 Å². The molecular formula is C17H23F3IN5O. The molecule has 0 aliphatic carbocycles. The van der Waals surface area contributed by atoms with Crippen LogP contribution < -0.4 is 5.32 Å². The van der Waals surface area contributed by atoms with Gasteiger partial charge in [-0.25, -0.2) is 0 Å². The number of nitrogens with zero attached hydrogens (tertiary/aromatic N) is 4. The van der Waals surface area contributed by atoms with E-state index in [2.05, 4.69) is 20.4 Å². The summed E-state index contributed by atoms with van der Waals surface area (Å²) in [5.74, 6) is 1.86. The second-order valence-corrected chi connectivity index (χ2v) is 5.86. The SMILES string of the molecule is CN=C(NCCCc1nc(C)no1)N(C)Cc1ccc(C(F)(F)F)cc1.I. The second kappa shape index (κ2) is 10.5. The van der Waals surface area contributed by atoms with Crippen LogP contribution in [0.15, 0.2) is 33.8 Å². The summed E-state index contributed by atoms with van der Waals surface area (Å²) in [4.78, 5) is 10.2. The molecule has 0 aliphatic rings. The Bertz CT molecular complexity index is 731. The summed E-state index contributed by atoms with van der Waals surface area (Å²) in [6.45, 7) is 2.87. The van der Waals surface area contributed by atoms with Crippen molar-refractivity contribution in [3.05, 3.63) is 47.1 Å². The van der Waals surface area contributed by atoms with E-state index in [1.54, 1.807) is 14.0 Å². The molecule has 150 valence electrons. The number of rotatable bonds is 6. The zero-order valence-electron chi connectivity index (χ0n) is 15.4. The van der Waals surface area contributed by atoms with Crippen LogP contribution in [0.5, 0.6) is 0 Å². The summed E-state index contributed by atoms with van der Waals surface area (Å²) in [6.07, 6.45) is -2.87. The van der Waals surface area contributed by atoms with Crippen LogP contribution in [0.3, 0.4) is 0 Å². The molecule has 0 spiro atoms. The van der Waals surface area contributed by atoms with Gasteiger partial charge < -0.3 is 14.7 Å². The average molecular weight is 497 g/mol. The van der Waals surface area contributed by atoms with E-state index >= 15 is 0 Å². The molecule has 0 saturated heterocycles. The summed E-state index contributed by atoms with van der Waals surface area (Å²) in [5.41, 5.74) is 0.118. The number of nitrogens with one attached hydrogen (secondary N) is 1. The largest absolute Gasteiger partial charge is 0.416 e. The Kier molecular flexibility index (Phi) is 9.00. The molecule has 1 N–H and O–H groups in total. The molecule has 1 aromatic heterocycles. The van der Waals surface area contributed by atoms with Gasteiger partial charge in [0.2, 0.25) is 5.89 Å². The van der Waals surface area contributed by atoms with Crippen molar-refractivity contribution in [3.8, 4) is 0 Å². The van der Waals surface area contributed by atoms with Crippen molar-refractivity contribution in [2.45, 2.75) is 32.5 Å². The van der Waals surface area contributed by atoms with Crippen molar-refractivity contribution >= 4 is 29.9 Å². The zero-order chi connectivity index (χ0) is 19.2. The molecule has 0 amide bonds. The molecule has 0 saturated carbocycles. The number of aromatic nitrogens is 2. The highest BCUT2D eigenvalue weighted by molar-refractivity contribution is 14.0. The second-order valence-electron chi connectivity index (χ2n) is 5.86. The van der Waals surface area contributed by atoms with E-state index in [0.29, 0.717) is 37.2 Å². The molecule has 2 aromatic rings. The minimum atomic E-state index is -4.32. The molecule has 1 heterocycles. The Labute approximate surface area is 173 Å². The van der Waals surface area contributed by atoms with Gasteiger partial charge in [0, 0.05) is 33.6 Å². The smallest absolute Gasteiger partial charge is 0.356 e. The van der Waals surface area contributed by atoms with Gasteiger partial charge in [-0.1, -0.05) is 17.3 Å². The van der Waals surface area contributed by atoms with Crippen LogP contribution in [-0.2, 0) is 19.1 Å². The summed E-state index contributed by atoms with van der Waals surface area (Å²) in [6, 6.07) is 5.13. The number of guanidine groups is 1. The minimum Gasteiger partial charge on any atom is -0.356 e. The van der Waals surface area contributed by atoms with Gasteiger partial charge in [0.1, 0.15) is 0 Å². The lowest BCUT2D eigenvalue weighted by atomic mass is 10.1. The molecule has 10 heteroatoms. The van der Waals surface area contributed by atoms with E-state index in [-0.39, 0.29) is 24.0 Å². The van der Waals surface area contributed by atoms with E-state index in [4.69, 9.17) is 4.52 Å². The van der Waals surface area contributed by atoms with E-state index in [9.17, 15) is 13.2 Å². The van der Waals surface area contributed by atoms with Gasteiger partial charge in [0.25, 0.3) is 0 Å². The van der Waals surface area contributed by atoms with Gasteiger partial charge in [-0.2, -0.15) is 18.2 Å². The Morgan fingerprint density at radius 1 is 1.26 bits per heavy atom. The monoisotopic (exact) mass is 497 g/mol. The van der Waals surface area contributed by atoms with Crippen LogP contribution in [0.25, 0.3) is 0 Å². The number of benzene rings is 1. The highest BCUT2D eigenvalue weighted by Gasteiger charge is 2.29. The molecule has 0 aliphatic heterocycles. The van der Waals surface area contributed by atoms with E-state index in [1.807, 2.05) is 11.9 Å². The van der Waals surface area contributed by atoms with Crippen LogP contribution in [0.1, 0.15) is 29.3 Å². The first-order valence-electron chi connectivity index (χ1n) is 8.16. The van der Waals surface area contributed by atoms with Crippen molar-refractivity contribution in [1.29, 1.82) is 0 Å². The number of hydrogen-bond acceptors (Lipinski definition) is 4. The minimum absolute atomic E-state index is 0. The summed E-state index contributed by atoms with van der Waals surface area (Å²) in [5, 5.41) is 6.94. The molecule has 2 rings (SSSR count). The quantitative estimate of drug-likeness (QED) is 0.286. The van der Waals surface area contributed by atoms with Crippen LogP contribution in [0.4, 0.5) is 13.2 Å². The molecule has 0 radical (unpaired) electrons. The van der Waals surface area contributed by atoms with E-state index in [1.165, 1.54) is 12.1 Å². The zero-order valence-corrected chi connectivity index (χ0v) is 17.7. The third-order valence-corrected chi connectivity index (χ3v) is 3.69. The maximum absolute atomic E-state index is 12.6. The Morgan fingerprint density at radius 3 is 2.44 bits per heavy atom. The van der Waals surface area contributed by atoms with Gasteiger partial charge in [0.15, 0.2) is 11.8 Å². The van der Waals surface area contributed by atoms with Gasteiger partial charge in [0.05, 0.1) is 5.56 Å². The molecule has 27 heavy (non-hydrogen) atoms. The number of aryl methyl sites for hydroxylation is 2.